The zero-order valence-corrected chi connectivity index (χ0v) is 16.9. The minimum absolute atomic E-state index is 0.124. The molecule has 1 aliphatic rings. The van der Waals surface area contributed by atoms with Crippen molar-refractivity contribution in [3.05, 3.63) is 64.2 Å². The van der Waals surface area contributed by atoms with Crippen LogP contribution in [0.2, 0.25) is 5.02 Å². The Balaban J connectivity index is 1.75. The molecule has 0 aliphatic carbocycles. The van der Waals surface area contributed by atoms with Crippen molar-refractivity contribution < 1.29 is 4.74 Å². The third-order valence-electron chi connectivity index (χ3n) is 5.13. The van der Waals surface area contributed by atoms with Crippen LogP contribution in [0.3, 0.4) is 0 Å². The molecule has 2 aromatic carbocycles. The molecule has 0 radical (unpaired) electrons. The minimum atomic E-state index is 0.124. The SMILES string of the molecule is COc1ccc(C(C)(C)C)cc1CN[C@@H]1CCN[C@@H]1c1cccc(Cl)c1. The Morgan fingerprint density at radius 2 is 2.00 bits per heavy atom. The molecule has 1 aliphatic heterocycles. The van der Waals surface area contributed by atoms with E-state index in [1.54, 1.807) is 7.11 Å². The van der Waals surface area contributed by atoms with Crippen LogP contribution in [-0.2, 0) is 12.0 Å². The summed E-state index contributed by atoms with van der Waals surface area (Å²) in [7, 11) is 1.74. The van der Waals surface area contributed by atoms with Crippen molar-refractivity contribution in [1.82, 2.24) is 10.6 Å². The van der Waals surface area contributed by atoms with E-state index >= 15 is 0 Å². The summed E-state index contributed by atoms with van der Waals surface area (Å²) >= 11 is 6.18. The van der Waals surface area contributed by atoms with Crippen molar-refractivity contribution in [3.8, 4) is 5.75 Å². The Morgan fingerprint density at radius 1 is 1.19 bits per heavy atom. The van der Waals surface area contributed by atoms with E-state index in [1.165, 1.54) is 16.7 Å². The van der Waals surface area contributed by atoms with Gasteiger partial charge in [0.2, 0.25) is 0 Å². The quantitative estimate of drug-likeness (QED) is 0.787. The highest BCUT2D eigenvalue weighted by atomic mass is 35.5. The molecule has 2 aromatic rings. The van der Waals surface area contributed by atoms with Crippen LogP contribution in [0.15, 0.2) is 42.5 Å². The summed E-state index contributed by atoms with van der Waals surface area (Å²) < 4.78 is 5.58. The van der Waals surface area contributed by atoms with Crippen LogP contribution in [0.4, 0.5) is 0 Å². The van der Waals surface area contributed by atoms with Crippen LogP contribution in [0, 0.1) is 0 Å². The Labute approximate surface area is 162 Å². The van der Waals surface area contributed by atoms with Crippen LogP contribution < -0.4 is 15.4 Å². The molecule has 140 valence electrons. The molecule has 0 spiro atoms. The molecule has 0 amide bonds. The predicted molar refractivity (Wildman–Crippen MR) is 109 cm³/mol. The second kappa shape index (κ2) is 7.99. The molecule has 0 saturated carbocycles. The number of ether oxygens (including phenoxy) is 1. The van der Waals surface area contributed by atoms with Crippen molar-refractivity contribution in [2.75, 3.05) is 13.7 Å². The van der Waals surface area contributed by atoms with E-state index in [0.717, 1.165) is 30.3 Å². The topological polar surface area (TPSA) is 33.3 Å². The maximum Gasteiger partial charge on any atom is 0.123 e. The monoisotopic (exact) mass is 372 g/mol. The molecule has 26 heavy (non-hydrogen) atoms. The molecule has 1 fully saturated rings. The second-order valence-electron chi connectivity index (χ2n) is 8.04. The van der Waals surface area contributed by atoms with Gasteiger partial charge in [-0.05, 0) is 47.7 Å². The molecule has 2 N–H and O–H groups in total. The van der Waals surface area contributed by atoms with Crippen LogP contribution in [-0.4, -0.2) is 19.7 Å². The first-order chi connectivity index (χ1) is 12.4. The van der Waals surface area contributed by atoms with Crippen LogP contribution in [0.1, 0.15) is 49.9 Å². The number of halogens is 1. The van der Waals surface area contributed by atoms with Gasteiger partial charge in [0.1, 0.15) is 5.75 Å². The first kappa shape index (κ1) is 19.2. The Kier molecular flexibility index (Phi) is 5.91. The smallest absolute Gasteiger partial charge is 0.123 e. The molecular formula is C22H29ClN2O. The lowest BCUT2D eigenvalue weighted by atomic mass is 9.86. The van der Waals surface area contributed by atoms with Gasteiger partial charge in [0.15, 0.2) is 0 Å². The summed E-state index contributed by atoms with van der Waals surface area (Å²) in [6, 6.07) is 15.3. The molecule has 2 atom stereocenters. The summed E-state index contributed by atoms with van der Waals surface area (Å²) in [5, 5.41) is 8.12. The molecule has 1 heterocycles. The van der Waals surface area contributed by atoms with E-state index in [-0.39, 0.29) is 11.5 Å². The van der Waals surface area contributed by atoms with Crippen molar-refractivity contribution in [2.45, 2.75) is 51.2 Å². The summed E-state index contributed by atoms with van der Waals surface area (Å²) in [6.45, 7) is 8.51. The van der Waals surface area contributed by atoms with E-state index in [4.69, 9.17) is 16.3 Å². The number of methoxy groups -OCH3 is 1. The van der Waals surface area contributed by atoms with Gasteiger partial charge in [-0.1, -0.05) is 56.6 Å². The normalized spacial score (nSPS) is 20.3. The number of hydrogen-bond donors (Lipinski definition) is 2. The molecule has 3 nitrogen and oxygen atoms in total. The van der Waals surface area contributed by atoms with Gasteiger partial charge in [0.25, 0.3) is 0 Å². The van der Waals surface area contributed by atoms with E-state index in [9.17, 15) is 0 Å². The Hall–Kier alpha value is -1.55. The summed E-state index contributed by atoms with van der Waals surface area (Å²) in [5.74, 6) is 0.941. The van der Waals surface area contributed by atoms with Crippen molar-refractivity contribution >= 4 is 11.6 Å². The standard InChI is InChI=1S/C22H29ClN2O/c1-22(2,3)17-8-9-20(26-4)16(12-17)14-25-19-10-11-24-21(19)15-6-5-7-18(23)13-15/h5-9,12-13,19,21,24-25H,10-11,14H2,1-4H3/t19-,21-/m1/s1. The zero-order valence-electron chi connectivity index (χ0n) is 16.1. The maximum atomic E-state index is 6.18. The number of rotatable bonds is 5. The van der Waals surface area contributed by atoms with Gasteiger partial charge in [-0.2, -0.15) is 0 Å². The van der Waals surface area contributed by atoms with Gasteiger partial charge >= 0.3 is 0 Å². The highest BCUT2D eigenvalue weighted by Gasteiger charge is 2.28. The Bertz CT molecular complexity index is 754. The molecule has 0 aromatic heterocycles. The first-order valence-corrected chi connectivity index (χ1v) is 9.66. The Morgan fingerprint density at radius 3 is 2.69 bits per heavy atom. The van der Waals surface area contributed by atoms with E-state index in [2.05, 4.69) is 61.7 Å². The third kappa shape index (κ3) is 4.40. The van der Waals surface area contributed by atoms with Crippen molar-refractivity contribution in [3.63, 3.8) is 0 Å². The first-order valence-electron chi connectivity index (χ1n) is 9.28. The number of benzene rings is 2. The van der Waals surface area contributed by atoms with Crippen LogP contribution >= 0.6 is 11.6 Å². The molecule has 0 unspecified atom stereocenters. The third-order valence-corrected chi connectivity index (χ3v) is 5.37. The average molecular weight is 373 g/mol. The lowest BCUT2D eigenvalue weighted by Gasteiger charge is -2.24. The number of hydrogen-bond acceptors (Lipinski definition) is 3. The van der Waals surface area contributed by atoms with Gasteiger partial charge < -0.3 is 15.4 Å². The molecular weight excluding hydrogens is 344 g/mol. The molecule has 1 saturated heterocycles. The molecule has 3 rings (SSSR count). The summed E-state index contributed by atoms with van der Waals surface area (Å²) in [5.41, 5.74) is 3.89. The van der Waals surface area contributed by atoms with Gasteiger partial charge in [-0.15, -0.1) is 0 Å². The predicted octanol–water partition coefficient (Wildman–Crippen LogP) is 4.84. The average Bonchev–Trinajstić information content (AvgIpc) is 3.07. The zero-order chi connectivity index (χ0) is 18.7. The molecule has 4 heteroatoms. The van der Waals surface area contributed by atoms with Gasteiger partial charge in [0, 0.05) is 29.2 Å². The largest absolute Gasteiger partial charge is 0.496 e. The summed E-state index contributed by atoms with van der Waals surface area (Å²) in [6.07, 6.45) is 1.10. The van der Waals surface area contributed by atoms with Gasteiger partial charge in [-0.3, -0.25) is 0 Å². The van der Waals surface area contributed by atoms with E-state index in [0.29, 0.717) is 6.04 Å². The van der Waals surface area contributed by atoms with E-state index in [1.807, 2.05) is 12.1 Å². The fourth-order valence-corrected chi connectivity index (χ4v) is 3.80. The van der Waals surface area contributed by atoms with Gasteiger partial charge in [-0.25, -0.2) is 0 Å². The van der Waals surface area contributed by atoms with E-state index < -0.39 is 0 Å². The van der Waals surface area contributed by atoms with Crippen LogP contribution in [0.25, 0.3) is 0 Å². The summed E-state index contributed by atoms with van der Waals surface area (Å²) in [4.78, 5) is 0. The highest BCUT2D eigenvalue weighted by molar-refractivity contribution is 6.30. The number of nitrogens with one attached hydrogen (secondary N) is 2. The fraction of sp³-hybridized carbons (Fsp3) is 0.455. The highest BCUT2D eigenvalue weighted by Crippen LogP contribution is 2.30. The minimum Gasteiger partial charge on any atom is -0.496 e. The van der Waals surface area contributed by atoms with Crippen molar-refractivity contribution in [1.29, 1.82) is 0 Å². The lowest BCUT2D eigenvalue weighted by Crippen LogP contribution is -2.34. The second-order valence-corrected chi connectivity index (χ2v) is 8.48. The lowest BCUT2D eigenvalue weighted by molar-refractivity contribution is 0.400. The van der Waals surface area contributed by atoms with Crippen LogP contribution in [0.5, 0.6) is 5.75 Å². The fourth-order valence-electron chi connectivity index (χ4n) is 3.60. The molecule has 0 bridgehead atoms. The van der Waals surface area contributed by atoms with Gasteiger partial charge in [0.05, 0.1) is 7.11 Å². The maximum absolute atomic E-state index is 6.18. The van der Waals surface area contributed by atoms with Crippen molar-refractivity contribution in [2.24, 2.45) is 0 Å².